The first kappa shape index (κ1) is 18.7. The summed E-state index contributed by atoms with van der Waals surface area (Å²) in [5.74, 6) is 1.77. The van der Waals surface area contributed by atoms with Gasteiger partial charge in [0.2, 0.25) is 10.0 Å². The van der Waals surface area contributed by atoms with E-state index in [4.69, 9.17) is 16.0 Å². The van der Waals surface area contributed by atoms with Crippen LogP contribution in [0.1, 0.15) is 43.1 Å². The van der Waals surface area contributed by atoms with Crippen LogP contribution in [-0.4, -0.2) is 13.4 Å². The number of aromatic nitrogens is 1. The zero-order valence-electron chi connectivity index (χ0n) is 14.5. The average molecular weight is 423 g/mol. The van der Waals surface area contributed by atoms with E-state index in [2.05, 4.69) is 9.71 Å². The van der Waals surface area contributed by atoms with Crippen LogP contribution < -0.4 is 4.72 Å². The molecule has 1 aliphatic rings. The molecule has 27 heavy (non-hydrogen) atoms. The predicted octanol–water partition coefficient (Wildman–Crippen LogP) is 5.19. The summed E-state index contributed by atoms with van der Waals surface area (Å²) < 4.78 is 33.9. The maximum atomic E-state index is 12.6. The summed E-state index contributed by atoms with van der Waals surface area (Å²) in [6, 6.07) is 10.5. The van der Waals surface area contributed by atoms with E-state index in [-0.39, 0.29) is 10.8 Å². The van der Waals surface area contributed by atoms with E-state index >= 15 is 0 Å². The van der Waals surface area contributed by atoms with Crippen LogP contribution in [-0.2, 0) is 16.6 Å². The van der Waals surface area contributed by atoms with Crippen molar-refractivity contribution < 1.29 is 12.8 Å². The molecule has 5 nitrogen and oxygen atoms in total. The van der Waals surface area contributed by atoms with Gasteiger partial charge < -0.3 is 4.42 Å². The topological polar surface area (TPSA) is 72.2 Å². The van der Waals surface area contributed by atoms with Crippen molar-refractivity contribution in [1.29, 1.82) is 0 Å². The molecule has 1 aliphatic carbocycles. The second-order valence-corrected chi connectivity index (χ2v) is 10.1. The Morgan fingerprint density at radius 3 is 2.74 bits per heavy atom. The number of nitrogens with one attached hydrogen (secondary N) is 1. The number of benzene rings is 1. The van der Waals surface area contributed by atoms with Crippen molar-refractivity contribution in [1.82, 2.24) is 9.71 Å². The van der Waals surface area contributed by atoms with Gasteiger partial charge in [-0.3, -0.25) is 0 Å². The quantitative estimate of drug-likeness (QED) is 0.593. The molecule has 1 fully saturated rings. The normalized spacial score (nSPS) is 15.4. The maximum absolute atomic E-state index is 12.6. The van der Waals surface area contributed by atoms with Crippen molar-refractivity contribution in [3.05, 3.63) is 59.1 Å². The highest BCUT2D eigenvalue weighted by Crippen LogP contribution is 2.37. The van der Waals surface area contributed by atoms with Crippen LogP contribution in [0.5, 0.6) is 0 Å². The van der Waals surface area contributed by atoms with E-state index in [1.54, 1.807) is 30.5 Å². The number of nitrogens with zero attached hydrogens (tertiary/aromatic N) is 1. The van der Waals surface area contributed by atoms with E-state index in [9.17, 15) is 8.42 Å². The Hall–Kier alpha value is -1.67. The molecule has 0 bridgehead atoms. The van der Waals surface area contributed by atoms with Gasteiger partial charge in [0, 0.05) is 17.5 Å². The molecule has 2 heterocycles. The van der Waals surface area contributed by atoms with Crippen LogP contribution >= 0.6 is 22.9 Å². The zero-order valence-corrected chi connectivity index (χ0v) is 16.9. The van der Waals surface area contributed by atoms with Gasteiger partial charge in [0.1, 0.15) is 4.21 Å². The number of halogens is 1. The number of hydrogen-bond donors (Lipinski definition) is 1. The van der Waals surface area contributed by atoms with Crippen LogP contribution in [0.4, 0.5) is 0 Å². The first-order valence-electron chi connectivity index (χ1n) is 8.82. The average Bonchev–Trinajstić information content (AvgIpc) is 3.41. The van der Waals surface area contributed by atoms with Gasteiger partial charge in [-0.05, 0) is 36.6 Å². The van der Waals surface area contributed by atoms with Crippen molar-refractivity contribution in [2.24, 2.45) is 0 Å². The van der Waals surface area contributed by atoms with Gasteiger partial charge in [0.05, 0.1) is 11.1 Å². The molecule has 2 aromatic heterocycles. The smallest absolute Gasteiger partial charge is 0.250 e. The van der Waals surface area contributed by atoms with Crippen molar-refractivity contribution in [2.75, 3.05) is 0 Å². The highest BCUT2D eigenvalue weighted by atomic mass is 35.5. The fourth-order valence-corrected chi connectivity index (χ4v) is 5.75. The Kier molecular flexibility index (Phi) is 5.36. The fraction of sp³-hybridized carbons (Fsp3) is 0.316. The summed E-state index contributed by atoms with van der Waals surface area (Å²) in [7, 11) is -3.62. The summed E-state index contributed by atoms with van der Waals surface area (Å²) in [6.07, 6.45) is 6.32. The molecule has 0 unspecified atom stereocenters. The molecule has 0 aliphatic heterocycles. The van der Waals surface area contributed by atoms with Crippen LogP contribution in [0.15, 0.2) is 51.2 Å². The lowest BCUT2D eigenvalue weighted by atomic mass is 10.1. The van der Waals surface area contributed by atoms with E-state index < -0.39 is 10.0 Å². The first-order chi connectivity index (χ1) is 13.0. The molecule has 0 amide bonds. The van der Waals surface area contributed by atoms with E-state index in [0.29, 0.717) is 16.7 Å². The van der Waals surface area contributed by atoms with Gasteiger partial charge in [-0.25, -0.2) is 18.1 Å². The van der Waals surface area contributed by atoms with E-state index in [1.807, 2.05) is 12.1 Å². The summed E-state index contributed by atoms with van der Waals surface area (Å²) in [6.45, 7) is 0.142. The van der Waals surface area contributed by atoms with Crippen LogP contribution in [0.3, 0.4) is 0 Å². The highest BCUT2D eigenvalue weighted by Gasteiger charge is 2.23. The van der Waals surface area contributed by atoms with Crippen molar-refractivity contribution in [2.45, 2.75) is 42.4 Å². The first-order valence-corrected chi connectivity index (χ1v) is 11.5. The third-order valence-electron chi connectivity index (χ3n) is 4.73. The molecule has 8 heteroatoms. The fourth-order valence-electron chi connectivity index (χ4n) is 3.25. The molecule has 0 spiro atoms. The van der Waals surface area contributed by atoms with Gasteiger partial charge in [-0.2, -0.15) is 0 Å². The standard InChI is InChI=1S/C19H19ClN2O3S2/c20-15-8-4-3-7-14(15)11-22-27(23,24)18-10-9-17(26-18)16-12-21-19(25-16)13-5-1-2-6-13/h3-4,7-10,12-13,22H,1-2,5-6,11H2. The molecule has 0 radical (unpaired) electrons. The molecular weight excluding hydrogens is 404 g/mol. The Bertz CT molecular complexity index is 1040. The molecule has 0 atom stereocenters. The lowest BCUT2D eigenvalue weighted by molar-refractivity contribution is 0.458. The summed E-state index contributed by atoms with van der Waals surface area (Å²) in [4.78, 5) is 5.15. The molecule has 1 saturated carbocycles. The van der Waals surface area contributed by atoms with Gasteiger partial charge in [-0.1, -0.05) is 42.6 Å². The second-order valence-electron chi connectivity index (χ2n) is 6.58. The molecule has 142 valence electrons. The number of oxazole rings is 1. The molecule has 0 saturated heterocycles. The second kappa shape index (κ2) is 7.75. The van der Waals surface area contributed by atoms with Crippen molar-refractivity contribution >= 4 is 33.0 Å². The SMILES string of the molecule is O=S(=O)(NCc1ccccc1Cl)c1ccc(-c2cnc(C3CCCC3)o2)s1. The maximum Gasteiger partial charge on any atom is 0.250 e. The molecule has 4 rings (SSSR count). The third kappa shape index (κ3) is 4.11. The minimum Gasteiger partial charge on any atom is -0.440 e. The van der Waals surface area contributed by atoms with Crippen LogP contribution in [0.25, 0.3) is 10.6 Å². The number of sulfonamides is 1. The van der Waals surface area contributed by atoms with Gasteiger partial charge in [0.15, 0.2) is 11.7 Å². The number of thiophene rings is 1. The predicted molar refractivity (Wildman–Crippen MR) is 107 cm³/mol. The van der Waals surface area contributed by atoms with Crippen LogP contribution in [0, 0.1) is 0 Å². The Labute approximate surface area is 167 Å². The van der Waals surface area contributed by atoms with Crippen molar-refractivity contribution in [3.8, 4) is 10.6 Å². The number of rotatable bonds is 6. The van der Waals surface area contributed by atoms with Crippen molar-refractivity contribution in [3.63, 3.8) is 0 Å². The Balaban J connectivity index is 1.49. The Morgan fingerprint density at radius 2 is 1.96 bits per heavy atom. The van der Waals surface area contributed by atoms with E-state index in [1.165, 1.54) is 24.2 Å². The molecule has 1 aromatic carbocycles. The summed E-state index contributed by atoms with van der Waals surface area (Å²) in [5.41, 5.74) is 0.732. The van der Waals surface area contributed by atoms with Crippen LogP contribution in [0.2, 0.25) is 5.02 Å². The highest BCUT2D eigenvalue weighted by molar-refractivity contribution is 7.91. The third-order valence-corrected chi connectivity index (χ3v) is 8.09. The minimum absolute atomic E-state index is 0.142. The van der Waals surface area contributed by atoms with E-state index in [0.717, 1.165) is 29.2 Å². The molecule has 1 N–H and O–H groups in total. The molecule has 3 aromatic rings. The molecular formula is C19H19ClN2O3S2. The summed E-state index contributed by atoms with van der Waals surface area (Å²) in [5, 5.41) is 0.535. The Morgan fingerprint density at radius 1 is 1.19 bits per heavy atom. The number of hydrogen-bond acceptors (Lipinski definition) is 5. The van der Waals surface area contributed by atoms with Gasteiger partial charge >= 0.3 is 0 Å². The lowest BCUT2D eigenvalue weighted by Crippen LogP contribution is -2.22. The minimum atomic E-state index is -3.62. The largest absolute Gasteiger partial charge is 0.440 e. The summed E-state index contributed by atoms with van der Waals surface area (Å²) >= 11 is 7.26. The zero-order chi connectivity index (χ0) is 18.9. The van der Waals surface area contributed by atoms with Gasteiger partial charge in [-0.15, -0.1) is 11.3 Å². The monoisotopic (exact) mass is 422 g/mol. The van der Waals surface area contributed by atoms with Gasteiger partial charge in [0.25, 0.3) is 0 Å². The lowest BCUT2D eigenvalue weighted by Gasteiger charge is -2.06.